The van der Waals surface area contributed by atoms with Crippen molar-refractivity contribution < 1.29 is 0 Å². The van der Waals surface area contributed by atoms with Crippen LogP contribution in [0.1, 0.15) is 49.4 Å². The van der Waals surface area contributed by atoms with Gasteiger partial charge in [-0.3, -0.25) is 0 Å². The first-order chi connectivity index (χ1) is 14.3. The van der Waals surface area contributed by atoms with Gasteiger partial charge in [-0.05, 0) is 39.8 Å². The highest BCUT2D eigenvalue weighted by Gasteiger charge is 2.45. The molecule has 0 amide bonds. The molecule has 0 saturated heterocycles. The summed E-state index contributed by atoms with van der Waals surface area (Å²) in [5, 5.41) is 0. The van der Waals surface area contributed by atoms with Gasteiger partial charge in [0.05, 0.1) is 5.41 Å². The Balaban J connectivity index is 0.00000117. The van der Waals surface area contributed by atoms with Crippen LogP contribution in [0, 0.1) is 0 Å². The van der Waals surface area contributed by atoms with Gasteiger partial charge in [-0.1, -0.05) is 131 Å². The lowest BCUT2D eigenvalue weighted by atomic mass is 9.67. The molecular weight excluding hydrogens is 348 g/mol. The van der Waals surface area contributed by atoms with Gasteiger partial charge in [0.2, 0.25) is 0 Å². The first kappa shape index (κ1) is 20.6. The zero-order valence-corrected chi connectivity index (χ0v) is 17.7. The SMILES string of the molecule is C=CC1=C(/C=C\CC)c2ccccc2C1(c1ccccc1)c1ccccc1.CC. The van der Waals surface area contributed by atoms with Crippen LogP contribution < -0.4 is 0 Å². The van der Waals surface area contributed by atoms with E-state index in [4.69, 9.17) is 0 Å². The van der Waals surface area contributed by atoms with Crippen LogP contribution in [0.5, 0.6) is 0 Å². The van der Waals surface area contributed by atoms with Crippen LogP contribution in [-0.2, 0) is 5.41 Å². The summed E-state index contributed by atoms with van der Waals surface area (Å²) in [6.45, 7) is 10.4. The fourth-order valence-corrected chi connectivity index (χ4v) is 4.38. The Hall–Kier alpha value is -3.12. The van der Waals surface area contributed by atoms with E-state index < -0.39 is 0 Å². The molecule has 1 aliphatic rings. The van der Waals surface area contributed by atoms with Gasteiger partial charge in [-0.2, -0.15) is 0 Å². The number of hydrogen-bond donors (Lipinski definition) is 0. The lowest BCUT2D eigenvalue weighted by Gasteiger charge is -2.34. The Morgan fingerprint density at radius 3 is 1.79 bits per heavy atom. The van der Waals surface area contributed by atoms with E-state index >= 15 is 0 Å². The zero-order chi connectivity index (χ0) is 20.7. The molecule has 146 valence electrons. The van der Waals surface area contributed by atoms with Crippen LogP contribution in [0.3, 0.4) is 0 Å². The molecule has 0 radical (unpaired) electrons. The van der Waals surface area contributed by atoms with Crippen LogP contribution in [0.4, 0.5) is 0 Å². The fourth-order valence-electron chi connectivity index (χ4n) is 4.38. The van der Waals surface area contributed by atoms with Crippen LogP contribution >= 0.6 is 0 Å². The molecule has 0 fully saturated rings. The molecule has 0 nitrogen and oxygen atoms in total. The normalized spacial score (nSPS) is 14.3. The number of hydrogen-bond acceptors (Lipinski definition) is 0. The van der Waals surface area contributed by atoms with Gasteiger partial charge >= 0.3 is 0 Å². The van der Waals surface area contributed by atoms with Crippen LogP contribution in [0.15, 0.2) is 115 Å². The average molecular weight is 379 g/mol. The topological polar surface area (TPSA) is 0 Å². The minimum absolute atomic E-state index is 0.339. The lowest BCUT2D eigenvalue weighted by Crippen LogP contribution is -2.29. The second-order valence-corrected chi connectivity index (χ2v) is 6.87. The molecule has 0 atom stereocenters. The molecule has 0 aromatic heterocycles. The molecule has 29 heavy (non-hydrogen) atoms. The van der Waals surface area contributed by atoms with Crippen molar-refractivity contribution in [1.82, 2.24) is 0 Å². The largest absolute Gasteiger partial charge is 0.0987 e. The quantitative estimate of drug-likeness (QED) is 0.422. The van der Waals surface area contributed by atoms with Gasteiger partial charge in [0, 0.05) is 0 Å². The Morgan fingerprint density at radius 1 is 0.759 bits per heavy atom. The summed E-state index contributed by atoms with van der Waals surface area (Å²) in [6.07, 6.45) is 7.57. The van der Waals surface area contributed by atoms with E-state index in [0.717, 1.165) is 6.42 Å². The predicted molar refractivity (Wildman–Crippen MR) is 127 cm³/mol. The van der Waals surface area contributed by atoms with Crippen molar-refractivity contribution in [1.29, 1.82) is 0 Å². The van der Waals surface area contributed by atoms with Crippen molar-refractivity contribution in [3.8, 4) is 0 Å². The Morgan fingerprint density at radius 2 is 1.28 bits per heavy atom. The third-order valence-electron chi connectivity index (χ3n) is 5.45. The molecule has 0 saturated carbocycles. The molecule has 0 N–H and O–H groups in total. The molecular formula is C29H30. The van der Waals surface area contributed by atoms with Crippen LogP contribution in [0.2, 0.25) is 0 Å². The van der Waals surface area contributed by atoms with Gasteiger partial charge in [-0.15, -0.1) is 0 Å². The summed E-state index contributed by atoms with van der Waals surface area (Å²) in [5.74, 6) is 0. The van der Waals surface area contributed by atoms with Crippen LogP contribution in [-0.4, -0.2) is 0 Å². The van der Waals surface area contributed by atoms with Gasteiger partial charge in [-0.25, -0.2) is 0 Å². The molecule has 0 spiro atoms. The maximum Gasteiger partial charge on any atom is 0.0713 e. The van der Waals surface area contributed by atoms with E-state index in [2.05, 4.69) is 117 Å². The van der Waals surface area contributed by atoms with E-state index in [1.807, 2.05) is 13.8 Å². The first-order valence-corrected chi connectivity index (χ1v) is 10.6. The third kappa shape index (κ3) is 3.40. The highest BCUT2D eigenvalue weighted by molar-refractivity contribution is 5.91. The van der Waals surface area contributed by atoms with Gasteiger partial charge in [0.15, 0.2) is 0 Å². The maximum atomic E-state index is 4.24. The van der Waals surface area contributed by atoms with Crippen molar-refractivity contribution in [2.45, 2.75) is 32.6 Å². The molecule has 3 aromatic rings. The molecule has 0 bridgehead atoms. The molecule has 3 aromatic carbocycles. The summed E-state index contributed by atoms with van der Waals surface area (Å²) in [6, 6.07) is 30.4. The molecule has 0 aliphatic heterocycles. The summed E-state index contributed by atoms with van der Waals surface area (Å²) in [5.41, 5.74) is 7.37. The van der Waals surface area contributed by atoms with Crippen molar-refractivity contribution in [2.24, 2.45) is 0 Å². The van der Waals surface area contributed by atoms with Crippen molar-refractivity contribution in [3.63, 3.8) is 0 Å². The van der Waals surface area contributed by atoms with Crippen molar-refractivity contribution in [2.75, 3.05) is 0 Å². The molecule has 0 heteroatoms. The van der Waals surface area contributed by atoms with E-state index in [0.29, 0.717) is 0 Å². The van der Waals surface area contributed by atoms with Gasteiger partial charge < -0.3 is 0 Å². The number of fused-ring (bicyclic) bond motifs is 1. The van der Waals surface area contributed by atoms with E-state index in [9.17, 15) is 0 Å². The Labute approximate surface area is 175 Å². The van der Waals surface area contributed by atoms with Crippen molar-refractivity contribution in [3.05, 3.63) is 138 Å². The maximum absolute atomic E-state index is 4.24. The minimum atomic E-state index is -0.339. The standard InChI is InChI=1S/C27H24.C2H6/c1-3-5-18-23-24-19-12-13-20-26(24)27(25(23)4-2,21-14-8-6-9-15-21)22-16-10-7-11-17-22;1-2/h4-20H,2-3H2,1H3;1-2H3/b18-5-;. The number of rotatable bonds is 5. The summed E-state index contributed by atoms with van der Waals surface area (Å²) < 4.78 is 0. The third-order valence-corrected chi connectivity index (χ3v) is 5.45. The average Bonchev–Trinajstić information content (AvgIpc) is 3.10. The second-order valence-electron chi connectivity index (χ2n) is 6.87. The molecule has 0 unspecified atom stereocenters. The highest BCUT2D eigenvalue weighted by Crippen LogP contribution is 2.54. The van der Waals surface area contributed by atoms with Crippen molar-refractivity contribution >= 4 is 5.57 Å². The highest BCUT2D eigenvalue weighted by atomic mass is 14.5. The lowest BCUT2D eigenvalue weighted by molar-refractivity contribution is 0.762. The molecule has 0 heterocycles. The Bertz CT molecular complexity index is 965. The molecule has 4 rings (SSSR count). The summed E-state index contributed by atoms with van der Waals surface area (Å²) in [4.78, 5) is 0. The van der Waals surface area contributed by atoms with E-state index in [-0.39, 0.29) is 5.41 Å². The number of benzene rings is 3. The van der Waals surface area contributed by atoms with E-state index in [1.165, 1.54) is 33.4 Å². The van der Waals surface area contributed by atoms with E-state index in [1.54, 1.807) is 0 Å². The summed E-state index contributed by atoms with van der Waals surface area (Å²) >= 11 is 0. The van der Waals surface area contributed by atoms with Gasteiger partial charge in [0.25, 0.3) is 0 Å². The smallest absolute Gasteiger partial charge is 0.0713 e. The fraction of sp³-hybridized carbons (Fsp3) is 0.172. The van der Waals surface area contributed by atoms with Gasteiger partial charge in [0.1, 0.15) is 0 Å². The number of allylic oxidation sites excluding steroid dienone is 5. The second kappa shape index (κ2) is 9.39. The monoisotopic (exact) mass is 378 g/mol. The molecule has 1 aliphatic carbocycles. The first-order valence-electron chi connectivity index (χ1n) is 10.6. The minimum Gasteiger partial charge on any atom is -0.0987 e. The predicted octanol–water partition coefficient (Wildman–Crippen LogP) is 7.97. The summed E-state index contributed by atoms with van der Waals surface area (Å²) in [7, 11) is 0. The zero-order valence-electron chi connectivity index (χ0n) is 17.7. The van der Waals surface area contributed by atoms with Crippen LogP contribution in [0.25, 0.3) is 5.57 Å². The Kier molecular flexibility index (Phi) is 6.67.